The van der Waals surface area contributed by atoms with Crippen molar-refractivity contribution in [2.45, 2.75) is 18.8 Å². The van der Waals surface area contributed by atoms with Crippen molar-refractivity contribution >= 4 is 29.5 Å². The standard InChI is InChI=1S/C13H10Cl2N2O/c14-8-2-1-3-9(15)11(8)12-10(6-18)16-17-13(12)7-4-5-7/h1-3,6-7H,4-5H2,(H,16,17). The Kier molecular flexibility index (Phi) is 2.88. The van der Waals surface area contributed by atoms with Crippen LogP contribution in [0.25, 0.3) is 11.1 Å². The van der Waals surface area contributed by atoms with Gasteiger partial charge in [-0.25, -0.2) is 0 Å². The SMILES string of the molecule is O=Cc1n[nH]c(C2CC2)c1-c1c(Cl)cccc1Cl. The minimum absolute atomic E-state index is 0.367. The van der Waals surface area contributed by atoms with Gasteiger partial charge in [0.25, 0.3) is 0 Å². The topological polar surface area (TPSA) is 45.8 Å². The average molecular weight is 281 g/mol. The second kappa shape index (κ2) is 4.41. The summed E-state index contributed by atoms with van der Waals surface area (Å²) >= 11 is 12.4. The van der Waals surface area contributed by atoms with Crippen molar-refractivity contribution in [2.75, 3.05) is 0 Å². The van der Waals surface area contributed by atoms with Gasteiger partial charge in [0, 0.05) is 22.7 Å². The van der Waals surface area contributed by atoms with Crippen LogP contribution in [0.4, 0.5) is 0 Å². The van der Waals surface area contributed by atoms with Gasteiger partial charge >= 0.3 is 0 Å². The molecule has 1 aliphatic carbocycles. The van der Waals surface area contributed by atoms with E-state index in [-0.39, 0.29) is 0 Å². The number of nitrogens with zero attached hydrogens (tertiary/aromatic N) is 1. The van der Waals surface area contributed by atoms with Crippen molar-refractivity contribution in [2.24, 2.45) is 0 Å². The van der Waals surface area contributed by atoms with Crippen LogP contribution in [0.15, 0.2) is 18.2 Å². The van der Waals surface area contributed by atoms with Crippen molar-refractivity contribution in [3.63, 3.8) is 0 Å². The number of hydrogen-bond acceptors (Lipinski definition) is 2. The van der Waals surface area contributed by atoms with Crippen molar-refractivity contribution in [1.82, 2.24) is 10.2 Å². The number of rotatable bonds is 3. The van der Waals surface area contributed by atoms with E-state index in [4.69, 9.17) is 23.2 Å². The summed E-state index contributed by atoms with van der Waals surface area (Å²) in [5.41, 5.74) is 2.78. The number of H-pyrrole nitrogens is 1. The summed E-state index contributed by atoms with van der Waals surface area (Å²) in [6, 6.07) is 5.31. The fraction of sp³-hybridized carbons (Fsp3) is 0.231. The van der Waals surface area contributed by atoms with Gasteiger partial charge in [-0.1, -0.05) is 29.3 Å². The molecule has 1 aromatic carbocycles. The van der Waals surface area contributed by atoms with Crippen molar-refractivity contribution in [3.05, 3.63) is 39.6 Å². The normalized spacial score (nSPS) is 14.8. The molecule has 1 saturated carbocycles. The minimum Gasteiger partial charge on any atom is -0.296 e. The number of halogens is 2. The molecule has 3 nitrogen and oxygen atoms in total. The molecule has 1 aliphatic rings. The van der Waals surface area contributed by atoms with E-state index in [1.165, 1.54) is 0 Å². The molecule has 1 fully saturated rings. The van der Waals surface area contributed by atoms with Crippen LogP contribution in [0.2, 0.25) is 10.0 Å². The van der Waals surface area contributed by atoms with E-state index < -0.39 is 0 Å². The molecule has 0 bridgehead atoms. The lowest BCUT2D eigenvalue weighted by Crippen LogP contribution is -1.90. The number of nitrogens with one attached hydrogen (secondary N) is 1. The van der Waals surface area contributed by atoms with Crippen LogP contribution in [0.1, 0.15) is 34.9 Å². The van der Waals surface area contributed by atoms with Gasteiger partial charge in [-0.05, 0) is 25.0 Å². The molecule has 0 aliphatic heterocycles. The fourth-order valence-corrected chi connectivity index (χ4v) is 2.71. The van der Waals surface area contributed by atoms with Gasteiger partial charge in [-0.2, -0.15) is 5.10 Å². The van der Waals surface area contributed by atoms with Crippen LogP contribution >= 0.6 is 23.2 Å². The summed E-state index contributed by atoms with van der Waals surface area (Å²) in [6.07, 6.45) is 2.95. The molecule has 0 saturated heterocycles. The lowest BCUT2D eigenvalue weighted by Gasteiger charge is -2.08. The van der Waals surface area contributed by atoms with Gasteiger partial charge in [0.2, 0.25) is 0 Å². The number of aromatic nitrogens is 2. The van der Waals surface area contributed by atoms with Crippen LogP contribution < -0.4 is 0 Å². The molecular weight excluding hydrogens is 271 g/mol. The van der Waals surface area contributed by atoms with Crippen LogP contribution in [0.5, 0.6) is 0 Å². The Morgan fingerprint density at radius 1 is 1.22 bits per heavy atom. The molecule has 1 heterocycles. The van der Waals surface area contributed by atoms with Gasteiger partial charge in [0.15, 0.2) is 6.29 Å². The van der Waals surface area contributed by atoms with E-state index in [1.54, 1.807) is 18.2 Å². The Morgan fingerprint density at radius 2 is 1.89 bits per heavy atom. The predicted octanol–water partition coefficient (Wildman–Crippen LogP) is 4.07. The van der Waals surface area contributed by atoms with Crippen molar-refractivity contribution < 1.29 is 4.79 Å². The molecule has 2 aromatic rings. The predicted molar refractivity (Wildman–Crippen MR) is 71.4 cm³/mol. The minimum atomic E-state index is 0.367. The zero-order valence-electron chi connectivity index (χ0n) is 9.41. The number of aldehydes is 1. The van der Waals surface area contributed by atoms with Crippen LogP contribution in [-0.4, -0.2) is 16.5 Å². The fourth-order valence-electron chi connectivity index (χ4n) is 2.12. The summed E-state index contributed by atoms with van der Waals surface area (Å²) < 4.78 is 0. The van der Waals surface area contributed by atoms with Crippen LogP contribution in [0, 0.1) is 0 Å². The molecule has 0 radical (unpaired) electrons. The first-order valence-electron chi connectivity index (χ1n) is 5.70. The number of benzene rings is 1. The molecule has 0 amide bonds. The Bertz CT molecular complexity index is 597. The highest BCUT2D eigenvalue weighted by Gasteiger charge is 2.31. The van der Waals surface area contributed by atoms with E-state index in [0.717, 1.165) is 30.4 Å². The summed E-state index contributed by atoms with van der Waals surface area (Å²) in [6.45, 7) is 0. The largest absolute Gasteiger partial charge is 0.296 e. The van der Waals surface area contributed by atoms with Gasteiger partial charge < -0.3 is 0 Å². The zero-order chi connectivity index (χ0) is 12.7. The number of aromatic amines is 1. The Balaban J connectivity index is 2.26. The first-order valence-corrected chi connectivity index (χ1v) is 6.45. The molecular formula is C13H10Cl2N2O. The average Bonchev–Trinajstić information content (AvgIpc) is 3.11. The molecule has 0 spiro atoms. The molecule has 5 heteroatoms. The molecule has 1 aromatic heterocycles. The Labute approximate surface area is 114 Å². The number of hydrogen-bond donors (Lipinski definition) is 1. The third-order valence-corrected chi connectivity index (χ3v) is 3.76. The summed E-state index contributed by atoms with van der Waals surface area (Å²) in [7, 11) is 0. The maximum atomic E-state index is 11.1. The summed E-state index contributed by atoms with van der Waals surface area (Å²) in [4.78, 5) is 11.1. The van der Waals surface area contributed by atoms with E-state index in [9.17, 15) is 4.79 Å². The second-order valence-electron chi connectivity index (χ2n) is 4.39. The highest BCUT2D eigenvalue weighted by molar-refractivity contribution is 6.39. The van der Waals surface area contributed by atoms with Crippen LogP contribution in [0.3, 0.4) is 0 Å². The third-order valence-electron chi connectivity index (χ3n) is 3.13. The van der Waals surface area contributed by atoms with E-state index in [1.807, 2.05) is 0 Å². The van der Waals surface area contributed by atoms with Crippen molar-refractivity contribution in [1.29, 1.82) is 0 Å². The van der Waals surface area contributed by atoms with E-state index >= 15 is 0 Å². The molecule has 3 rings (SSSR count). The van der Waals surface area contributed by atoms with Gasteiger partial charge in [-0.3, -0.25) is 9.89 Å². The highest BCUT2D eigenvalue weighted by atomic mass is 35.5. The number of carbonyl (C=O) groups is 1. The molecule has 0 unspecified atom stereocenters. The first kappa shape index (κ1) is 11.8. The highest BCUT2D eigenvalue weighted by Crippen LogP contribution is 2.46. The summed E-state index contributed by atoms with van der Waals surface area (Å²) in [5, 5.41) is 8.06. The van der Waals surface area contributed by atoms with Gasteiger partial charge in [0.1, 0.15) is 5.69 Å². The van der Waals surface area contributed by atoms with Gasteiger partial charge in [0.05, 0.1) is 10.0 Å². The maximum absolute atomic E-state index is 11.1. The van der Waals surface area contributed by atoms with E-state index in [2.05, 4.69) is 10.2 Å². The van der Waals surface area contributed by atoms with Crippen molar-refractivity contribution in [3.8, 4) is 11.1 Å². The molecule has 92 valence electrons. The summed E-state index contributed by atoms with van der Waals surface area (Å²) in [5.74, 6) is 0.438. The molecule has 18 heavy (non-hydrogen) atoms. The smallest absolute Gasteiger partial charge is 0.170 e. The molecule has 0 atom stereocenters. The lowest BCUT2D eigenvalue weighted by molar-refractivity contribution is 0.111. The monoisotopic (exact) mass is 280 g/mol. The third kappa shape index (κ3) is 1.84. The Morgan fingerprint density at radius 3 is 2.44 bits per heavy atom. The number of carbonyl (C=O) groups excluding carboxylic acids is 1. The first-order chi connectivity index (χ1) is 8.72. The zero-order valence-corrected chi connectivity index (χ0v) is 10.9. The van der Waals surface area contributed by atoms with Gasteiger partial charge in [-0.15, -0.1) is 0 Å². The quantitative estimate of drug-likeness (QED) is 0.862. The Hall–Kier alpha value is -1.32. The second-order valence-corrected chi connectivity index (χ2v) is 5.20. The maximum Gasteiger partial charge on any atom is 0.170 e. The van der Waals surface area contributed by atoms with E-state index in [0.29, 0.717) is 27.2 Å². The van der Waals surface area contributed by atoms with Crippen LogP contribution in [-0.2, 0) is 0 Å². The lowest BCUT2D eigenvalue weighted by atomic mass is 10.0. The molecule has 1 N–H and O–H groups in total.